The maximum absolute atomic E-state index is 5.35. The molecule has 3 N–H and O–H groups in total. The van der Waals surface area contributed by atoms with Gasteiger partial charge in [-0.1, -0.05) is 51.1 Å². The van der Waals surface area contributed by atoms with Gasteiger partial charge in [0.2, 0.25) is 0 Å². The van der Waals surface area contributed by atoms with Crippen LogP contribution in [0.25, 0.3) is 0 Å². The van der Waals surface area contributed by atoms with Crippen LogP contribution < -0.4 is 11.1 Å². The van der Waals surface area contributed by atoms with Crippen LogP contribution in [0.3, 0.4) is 0 Å². The molecule has 171 valence electrons. The Morgan fingerprint density at radius 3 is 1.77 bits per heavy atom. The van der Waals surface area contributed by atoms with Crippen LogP contribution in [0.15, 0.2) is 66.3 Å². The Balaban J connectivity index is -0.000000147. The molecule has 0 fully saturated rings. The molecule has 5 heteroatoms. The molecular weight excluding hydrogens is 638 g/mol. The number of allylic oxidation sites excluding steroid dienone is 8. The molecule has 2 nitrogen and oxygen atoms in total. The second-order valence-corrected chi connectivity index (χ2v) is 9.69. The van der Waals surface area contributed by atoms with E-state index in [2.05, 4.69) is 63.5 Å². The molecule has 0 heterocycles. The molecule has 1 aromatic carbocycles. The number of hydrogen-bond donors (Lipinski definition) is 2. The van der Waals surface area contributed by atoms with Crippen molar-refractivity contribution in [3.05, 3.63) is 85.5 Å². The molecule has 3 rings (SSSR count). The monoisotopic (exact) mass is 680 g/mol. The van der Waals surface area contributed by atoms with Gasteiger partial charge in [-0.3, -0.25) is 19.2 Å². The molecule has 0 saturated carbocycles. The van der Waals surface area contributed by atoms with Gasteiger partial charge in [-0.05, 0) is 32.9 Å². The maximum Gasteiger partial charge on any atom is 0.0274 e. The van der Waals surface area contributed by atoms with E-state index in [9.17, 15) is 0 Å². The van der Waals surface area contributed by atoms with Crippen molar-refractivity contribution in [2.75, 3.05) is 5.32 Å². The first-order valence-electron chi connectivity index (χ1n) is 10.4. The van der Waals surface area contributed by atoms with Crippen molar-refractivity contribution in [1.29, 1.82) is 0 Å². The average molecular weight is 680 g/mol. The van der Waals surface area contributed by atoms with E-state index in [1.165, 1.54) is 17.7 Å². The number of anilines is 1. The molecule has 0 aliphatic heterocycles. The zero-order chi connectivity index (χ0) is 22.4. The summed E-state index contributed by atoms with van der Waals surface area (Å²) in [5.74, 6) is 0. The van der Waals surface area contributed by atoms with Gasteiger partial charge >= 0.3 is 0 Å². The minimum atomic E-state index is 0. The van der Waals surface area contributed by atoms with E-state index in [0.717, 1.165) is 28.0 Å². The number of hydrogen-bond acceptors (Lipinski definition) is 2. The summed E-state index contributed by atoms with van der Waals surface area (Å²) in [7, 11) is 4.32. The van der Waals surface area contributed by atoms with E-state index in [-0.39, 0.29) is 57.6 Å². The van der Waals surface area contributed by atoms with Crippen LogP contribution in [0, 0.1) is 19.2 Å². The quantitative estimate of drug-likeness (QED) is 0.269. The van der Waals surface area contributed by atoms with Crippen molar-refractivity contribution in [3.63, 3.8) is 0 Å². The van der Waals surface area contributed by atoms with Gasteiger partial charge in [0.15, 0.2) is 0 Å². The Labute approximate surface area is 234 Å². The van der Waals surface area contributed by atoms with Crippen LogP contribution in [-0.2, 0) is 52.0 Å². The molecule has 1 radical (unpaired) electrons. The molecule has 0 bridgehead atoms. The number of benzene rings is 1. The van der Waals surface area contributed by atoms with E-state index < -0.39 is 0 Å². The van der Waals surface area contributed by atoms with E-state index in [4.69, 9.17) is 5.73 Å². The molecule has 31 heavy (non-hydrogen) atoms. The van der Waals surface area contributed by atoms with Gasteiger partial charge in [-0.2, -0.15) is 12.2 Å². The minimum absolute atomic E-state index is 0. The third-order valence-electron chi connectivity index (χ3n) is 3.01. The average Bonchev–Trinajstić information content (AvgIpc) is 3.39. The molecule has 2 aliphatic carbocycles. The largest absolute Gasteiger partial charge is 0.538 e. The Kier molecular flexibility index (Phi) is 34.4. The first kappa shape index (κ1) is 38.2. The number of nitrogens with one attached hydrogen (secondary N) is 1. The van der Waals surface area contributed by atoms with Crippen molar-refractivity contribution in [2.24, 2.45) is 5.73 Å². The summed E-state index contributed by atoms with van der Waals surface area (Å²) >= 11 is 0. The first-order valence-corrected chi connectivity index (χ1v) is 12.0. The Bertz CT molecular complexity index is 570. The fraction of sp³-hybridized carbons (Fsp3) is 0.423. The fourth-order valence-corrected chi connectivity index (χ4v) is 2.28. The summed E-state index contributed by atoms with van der Waals surface area (Å²) in [4.78, 5) is 0. The second kappa shape index (κ2) is 27.9. The molecule has 0 saturated heterocycles. The predicted molar refractivity (Wildman–Crippen MR) is 135 cm³/mol. The van der Waals surface area contributed by atoms with Gasteiger partial charge in [0.25, 0.3) is 0 Å². The molecule has 0 atom stereocenters. The van der Waals surface area contributed by atoms with Crippen LogP contribution in [-0.4, -0.2) is 15.1 Å². The molecule has 0 spiro atoms. The minimum Gasteiger partial charge on any atom is -0.538 e. The molecule has 0 unspecified atom stereocenters. The van der Waals surface area contributed by atoms with E-state index >= 15 is 0 Å². The Hall–Kier alpha value is -0.0899. The first-order chi connectivity index (χ1) is 13.7. The smallest absolute Gasteiger partial charge is 0.0274 e. The summed E-state index contributed by atoms with van der Waals surface area (Å²) in [6, 6.07) is 12.7. The molecular formula is C26H42HfN2SiZr-3. The fourth-order valence-electron chi connectivity index (χ4n) is 1.70. The SMILES string of the molecule is CC(C)(C)N.CC1=[C-]CC=C1.CC[SiH]CC.[C-]1=CC=CC1.[CH2-]Nc1ccccc1.[Hf].[Zr]. The number of para-hydroxylation sites is 1. The van der Waals surface area contributed by atoms with Crippen molar-refractivity contribution < 1.29 is 52.0 Å². The van der Waals surface area contributed by atoms with Gasteiger partial charge in [0, 0.05) is 72.8 Å². The van der Waals surface area contributed by atoms with Gasteiger partial charge in [-0.25, -0.2) is 23.8 Å². The molecule has 2 aliphatic rings. The third kappa shape index (κ3) is 40.8. The van der Waals surface area contributed by atoms with E-state index in [1.54, 1.807) is 0 Å². The van der Waals surface area contributed by atoms with Gasteiger partial charge in [-0.15, -0.1) is 12.8 Å². The van der Waals surface area contributed by atoms with Gasteiger partial charge in [0.05, 0.1) is 0 Å². The molecule has 0 amide bonds. The van der Waals surface area contributed by atoms with Crippen LogP contribution in [0.5, 0.6) is 0 Å². The normalized spacial score (nSPS) is 11.9. The van der Waals surface area contributed by atoms with Crippen LogP contribution in [0.1, 0.15) is 54.4 Å². The van der Waals surface area contributed by atoms with Crippen molar-refractivity contribution in [2.45, 2.75) is 72.0 Å². The van der Waals surface area contributed by atoms with E-state index in [1.807, 2.05) is 63.3 Å². The second-order valence-electron chi connectivity index (χ2n) is 7.48. The van der Waals surface area contributed by atoms with Gasteiger partial charge < -0.3 is 11.1 Å². The van der Waals surface area contributed by atoms with Crippen molar-refractivity contribution in [1.82, 2.24) is 0 Å². The Morgan fingerprint density at radius 2 is 1.61 bits per heavy atom. The predicted octanol–water partition coefficient (Wildman–Crippen LogP) is 6.93. The summed E-state index contributed by atoms with van der Waals surface area (Å²) in [6.07, 6.45) is 18.3. The molecule has 0 aromatic heterocycles. The number of nitrogens with two attached hydrogens (primary N) is 1. The van der Waals surface area contributed by atoms with Crippen LogP contribution >= 0.6 is 0 Å². The zero-order valence-corrected chi connectivity index (χ0v) is 27.7. The zero-order valence-electron chi connectivity index (χ0n) is 20.5. The van der Waals surface area contributed by atoms with Crippen molar-refractivity contribution >= 4 is 15.2 Å². The Morgan fingerprint density at radius 1 is 1.06 bits per heavy atom. The third-order valence-corrected chi connectivity index (χ3v) is 4.16. The topological polar surface area (TPSA) is 38.0 Å². The van der Waals surface area contributed by atoms with Gasteiger partial charge in [0.1, 0.15) is 0 Å². The standard InChI is InChI=1S/C7H8N.C6H7.C5H5.C4H11N.C4H11Si.Hf.Zr/c1-8-7-5-3-2-4-6-7;1-6-4-2-3-5-6;1-2-4-5-3-1;1-4(2,3)5;1-3-5-4-2;;/h2-6,8H,1H2;2,4H,3H2,1H3;1-3H,4H2;5H2,1-3H3;5H,3-4H2,1-2H3;;/q3*-1;;;;. The summed E-state index contributed by atoms with van der Waals surface area (Å²) in [5.41, 5.74) is 7.68. The summed E-state index contributed by atoms with van der Waals surface area (Å²) < 4.78 is 0. The van der Waals surface area contributed by atoms with E-state index in [0.29, 0.717) is 0 Å². The van der Waals surface area contributed by atoms with Crippen LogP contribution in [0.2, 0.25) is 12.1 Å². The maximum atomic E-state index is 5.35. The van der Waals surface area contributed by atoms with Crippen molar-refractivity contribution in [3.8, 4) is 0 Å². The summed E-state index contributed by atoms with van der Waals surface area (Å²) in [5, 5.41) is 2.78. The number of rotatable bonds is 3. The van der Waals surface area contributed by atoms with Crippen LogP contribution in [0.4, 0.5) is 5.69 Å². The summed E-state index contributed by atoms with van der Waals surface area (Å²) in [6.45, 7) is 12.5. The molecule has 1 aromatic rings.